The number of aliphatic hydroxyl groups is 1. The molecule has 1 amide bonds. The van der Waals surface area contributed by atoms with E-state index in [1.807, 2.05) is 6.07 Å². The van der Waals surface area contributed by atoms with Crippen LogP contribution in [0.2, 0.25) is 5.02 Å². The summed E-state index contributed by atoms with van der Waals surface area (Å²) in [6.45, 7) is -0.0177. The van der Waals surface area contributed by atoms with Crippen LogP contribution in [0.1, 0.15) is 5.69 Å². The highest BCUT2D eigenvalue weighted by Crippen LogP contribution is 2.26. The fourth-order valence-corrected chi connectivity index (χ4v) is 2.09. The standard InChI is InChI=1S/C11H12ClN3O2/c12-7-2-1-3-9-11(7)8(4-5-16)14-15(9)6-10(13)17/h1-3,16H,4-6H2,(H2,13,17). The van der Waals surface area contributed by atoms with E-state index in [0.717, 1.165) is 10.9 Å². The van der Waals surface area contributed by atoms with Gasteiger partial charge in [-0.15, -0.1) is 0 Å². The van der Waals surface area contributed by atoms with Crippen LogP contribution in [0.5, 0.6) is 0 Å². The summed E-state index contributed by atoms with van der Waals surface area (Å²) in [6.07, 6.45) is 0.395. The summed E-state index contributed by atoms with van der Waals surface area (Å²) in [5.74, 6) is -0.468. The first kappa shape index (κ1) is 11.9. The number of fused-ring (bicyclic) bond motifs is 1. The van der Waals surface area contributed by atoms with Gasteiger partial charge in [0, 0.05) is 18.4 Å². The Bertz CT molecular complexity index is 565. The second-order valence-electron chi connectivity index (χ2n) is 3.68. The van der Waals surface area contributed by atoms with E-state index in [1.165, 1.54) is 4.68 Å². The van der Waals surface area contributed by atoms with Gasteiger partial charge in [-0.25, -0.2) is 0 Å². The van der Waals surface area contributed by atoms with Crippen LogP contribution in [0.3, 0.4) is 0 Å². The van der Waals surface area contributed by atoms with Crippen molar-refractivity contribution in [1.82, 2.24) is 9.78 Å². The van der Waals surface area contributed by atoms with Crippen molar-refractivity contribution in [2.75, 3.05) is 6.61 Å². The lowest BCUT2D eigenvalue weighted by Crippen LogP contribution is -2.19. The van der Waals surface area contributed by atoms with Crippen LogP contribution >= 0.6 is 11.6 Å². The van der Waals surface area contributed by atoms with E-state index >= 15 is 0 Å². The summed E-state index contributed by atoms with van der Waals surface area (Å²) >= 11 is 6.10. The van der Waals surface area contributed by atoms with Crippen LogP contribution in [0, 0.1) is 0 Å². The summed E-state index contributed by atoms with van der Waals surface area (Å²) in [6, 6.07) is 5.35. The fourth-order valence-electron chi connectivity index (χ4n) is 1.81. The number of hydrogen-bond acceptors (Lipinski definition) is 3. The smallest absolute Gasteiger partial charge is 0.239 e. The number of hydrogen-bond donors (Lipinski definition) is 2. The average molecular weight is 254 g/mol. The largest absolute Gasteiger partial charge is 0.396 e. The van der Waals surface area contributed by atoms with E-state index in [1.54, 1.807) is 12.1 Å². The van der Waals surface area contributed by atoms with Crippen LogP contribution in [-0.2, 0) is 17.8 Å². The van der Waals surface area contributed by atoms with Crippen molar-refractivity contribution in [3.8, 4) is 0 Å². The molecule has 0 saturated heterocycles. The average Bonchev–Trinajstić information content (AvgIpc) is 2.58. The van der Waals surface area contributed by atoms with E-state index in [2.05, 4.69) is 5.10 Å². The van der Waals surface area contributed by atoms with Crippen LogP contribution in [-0.4, -0.2) is 27.4 Å². The summed E-state index contributed by atoms with van der Waals surface area (Å²) in [5.41, 5.74) is 6.58. The number of nitrogens with zero attached hydrogens (tertiary/aromatic N) is 2. The maximum absolute atomic E-state index is 10.9. The SMILES string of the molecule is NC(=O)Cn1nc(CCO)c2c(Cl)cccc21. The van der Waals surface area contributed by atoms with Crippen molar-refractivity contribution in [3.63, 3.8) is 0 Å². The van der Waals surface area contributed by atoms with E-state index in [4.69, 9.17) is 22.4 Å². The molecule has 3 N–H and O–H groups in total. The predicted octanol–water partition coefficient (Wildman–Crippen LogP) is 0.710. The number of amides is 1. The molecule has 0 aliphatic carbocycles. The minimum atomic E-state index is -0.468. The molecule has 90 valence electrons. The van der Waals surface area contributed by atoms with Gasteiger partial charge in [-0.3, -0.25) is 9.48 Å². The fraction of sp³-hybridized carbons (Fsp3) is 0.273. The highest BCUT2D eigenvalue weighted by Gasteiger charge is 2.13. The van der Waals surface area contributed by atoms with Crippen molar-refractivity contribution < 1.29 is 9.90 Å². The molecule has 5 nitrogen and oxygen atoms in total. The maximum atomic E-state index is 10.9. The molecule has 1 aromatic heterocycles. The molecular formula is C11H12ClN3O2. The summed E-state index contributed by atoms with van der Waals surface area (Å²) in [7, 11) is 0. The van der Waals surface area contributed by atoms with Gasteiger partial charge < -0.3 is 10.8 Å². The Hall–Kier alpha value is -1.59. The molecule has 0 saturated carbocycles. The Morgan fingerprint density at radius 3 is 2.94 bits per heavy atom. The van der Waals surface area contributed by atoms with Crippen molar-refractivity contribution >= 4 is 28.4 Å². The van der Waals surface area contributed by atoms with E-state index in [0.29, 0.717) is 17.1 Å². The van der Waals surface area contributed by atoms with E-state index < -0.39 is 5.91 Å². The Morgan fingerprint density at radius 1 is 1.53 bits per heavy atom. The molecule has 17 heavy (non-hydrogen) atoms. The van der Waals surface area contributed by atoms with Gasteiger partial charge in [0.25, 0.3) is 0 Å². The summed E-state index contributed by atoms with van der Waals surface area (Å²) in [4.78, 5) is 10.9. The van der Waals surface area contributed by atoms with Gasteiger partial charge in [0.2, 0.25) is 5.91 Å². The molecule has 0 fully saturated rings. The first-order valence-corrected chi connectivity index (χ1v) is 5.54. The van der Waals surface area contributed by atoms with E-state index in [9.17, 15) is 4.79 Å². The highest BCUT2D eigenvalue weighted by atomic mass is 35.5. The Labute approximate surface area is 103 Å². The van der Waals surface area contributed by atoms with Gasteiger partial charge in [-0.2, -0.15) is 5.10 Å². The van der Waals surface area contributed by atoms with E-state index in [-0.39, 0.29) is 13.2 Å². The second kappa shape index (κ2) is 4.73. The number of rotatable bonds is 4. The minimum Gasteiger partial charge on any atom is -0.396 e. The van der Waals surface area contributed by atoms with Gasteiger partial charge in [0.15, 0.2) is 0 Å². The lowest BCUT2D eigenvalue weighted by Gasteiger charge is -1.99. The number of carbonyl (C=O) groups is 1. The third-order valence-corrected chi connectivity index (χ3v) is 2.77. The number of aromatic nitrogens is 2. The maximum Gasteiger partial charge on any atom is 0.239 e. The van der Waals surface area contributed by atoms with Crippen molar-refractivity contribution in [2.45, 2.75) is 13.0 Å². The van der Waals surface area contributed by atoms with Crippen molar-refractivity contribution in [3.05, 3.63) is 28.9 Å². The molecule has 2 rings (SSSR count). The highest BCUT2D eigenvalue weighted by molar-refractivity contribution is 6.35. The zero-order valence-corrected chi connectivity index (χ0v) is 9.81. The van der Waals surface area contributed by atoms with Crippen LogP contribution in [0.15, 0.2) is 18.2 Å². The number of halogens is 1. The molecule has 0 spiro atoms. The molecule has 0 bridgehead atoms. The number of nitrogens with two attached hydrogens (primary N) is 1. The Morgan fingerprint density at radius 2 is 2.29 bits per heavy atom. The number of carbonyl (C=O) groups excluding carboxylic acids is 1. The first-order valence-electron chi connectivity index (χ1n) is 5.16. The lowest BCUT2D eigenvalue weighted by atomic mass is 10.2. The molecule has 0 unspecified atom stereocenters. The topological polar surface area (TPSA) is 81.1 Å². The van der Waals surface area contributed by atoms with Gasteiger partial charge in [0.05, 0.1) is 16.2 Å². The van der Waals surface area contributed by atoms with Crippen LogP contribution in [0.4, 0.5) is 0 Å². The van der Waals surface area contributed by atoms with Crippen molar-refractivity contribution in [2.24, 2.45) is 5.73 Å². The molecule has 0 aliphatic rings. The number of aliphatic hydroxyl groups excluding tert-OH is 1. The summed E-state index contributed by atoms with van der Waals surface area (Å²) < 4.78 is 1.51. The number of benzene rings is 1. The molecule has 1 aromatic carbocycles. The molecule has 6 heteroatoms. The summed E-state index contributed by atoms with van der Waals surface area (Å²) in [5, 5.41) is 14.6. The molecule has 0 atom stereocenters. The van der Waals surface area contributed by atoms with Gasteiger partial charge in [0.1, 0.15) is 6.54 Å². The third-order valence-electron chi connectivity index (χ3n) is 2.45. The Kier molecular flexibility index (Phi) is 3.31. The monoisotopic (exact) mass is 253 g/mol. The normalized spacial score (nSPS) is 10.9. The molecule has 2 aromatic rings. The molecular weight excluding hydrogens is 242 g/mol. The van der Waals surface area contributed by atoms with Gasteiger partial charge in [-0.05, 0) is 12.1 Å². The minimum absolute atomic E-state index is 0.00225. The zero-order chi connectivity index (χ0) is 12.4. The second-order valence-corrected chi connectivity index (χ2v) is 4.09. The van der Waals surface area contributed by atoms with Crippen molar-refractivity contribution in [1.29, 1.82) is 0 Å². The molecule has 0 aliphatic heterocycles. The van der Waals surface area contributed by atoms with Crippen LogP contribution < -0.4 is 5.73 Å². The quantitative estimate of drug-likeness (QED) is 0.842. The predicted molar refractivity (Wildman–Crippen MR) is 64.7 cm³/mol. The lowest BCUT2D eigenvalue weighted by molar-refractivity contribution is -0.118. The number of primary amides is 1. The molecule has 1 heterocycles. The Balaban J connectivity index is 2.62. The van der Waals surface area contributed by atoms with Gasteiger partial charge >= 0.3 is 0 Å². The van der Waals surface area contributed by atoms with Gasteiger partial charge in [-0.1, -0.05) is 17.7 Å². The molecule has 0 radical (unpaired) electrons. The first-order chi connectivity index (χ1) is 8.13. The van der Waals surface area contributed by atoms with Crippen LogP contribution in [0.25, 0.3) is 10.9 Å². The third kappa shape index (κ3) is 2.25. The zero-order valence-electron chi connectivity index (χ0n) is 9.06.